The number of anilines is 1. The first-order chi connectivity index (χ1) is 14.2. The van der Waals surface area contributed by atoms with Crippen LogP contribution in [-0.4, -0.2) is 65.1 Å². The second kappa shape index (κ2) is 8.96. The van der Waals surface area contributed by atoms with Gasteiger partial charge in [0.25, 0.3) is 5.91 Å². The number of phenols is 1. The Morgan fingerprint density at radius 3 is 2.66 bits per heavy atom. The van der Waals surface area contributed by atoms with Crippen LogP contribution in [0.3, 0.4) is 0 Å². The Labute approximate surface area is 170 Å². The molecule has 2 aliphatic heterocycles. The van der Waals surface area contributed by atoms with Crippen LogP contribution in [0.2, 0.25) is 0 Å². The molecule has 3 heterocycles. The van der Waals surface area contributed by atoms with Gasteiger partial charge in [-0.25, -0.2) is 4.98 Å². The van der Waals surface area contributed by atoms with E-state index in [1.165, 1.54) is 18.4 Å². The summed E-state index contributed by atoms with van der Waals surface area (Å²) < 4.78 is 5.46. The summed E-state index contributed by atoms with van der Waals surface area (Å²) in [5, 5.41) is 9.57. The van der Waals surface area contributed by atoms with E-state index in [4.69, 9.17) is 4.74 Å². The molecule has 0 spiro atoms. The molecule has 0 atom stereocenters. The van der Waals surface area contributed by atoms with Crippen LogP contribution in [0.25, 0.3) is 0 Å². The molecule has 1 saturated heterocycles. The maximum absolute atomic E-state index is 12.7. The van der Waals surface area contributed by atoms with Crippen LogP contribution >= 0.6 is 0 Å². The van der Waals surface area contributed by atoms with Crippen molar-refractivity contribution >= 4 is 11.7 Å². The summed E-state index contributed by atoms with van der Waals surface area (Å²) in [6, 6.07) is 10.6. The van der Waals surface area contributed by atoms with E-state index < -0.39 is 0 Å². The number of hydrogen-bond donors (Lipinski definition) is 1. The van der Waals surface area contributed by atoms with E-state index in [1.54, 1.807) is 17.2 Å². The average Bonchev–Trinajstić information content (AvgIpc) is 2.90. The third-order valence-electron chi connectivity index (χ3n) is 5.36. The van der Waals surface area contributed by atoms with Gasteiger partial charge in [0.1, 0.15) is 23.6 Å². The number of aromatic nitrogens is 1. The minimum atomic E-state index is -0.0993. The highest BCUT2D eigenvalue weighted by molar-refractivity contribution is 5.98. The molecule has 29 heavy (non-hydrogen) atoms. The molecule has 1 aromatic carbocycles. The van der Waals surface area contributed by atoms with Crippen molar-refractivity contribution in [2.75, 3.05) is 44.2 Å². The second-order valence-electron chi connectivity index (χ2n) is 7.31. The number of carbonyl (C=O) groups is 1. The van der Waals surface area contributed by atoms with Gasteiger partial charge in [-0.05, 0) is 43.7 Å². The van der Waals surface area contributed by atoms with E-state index >= 15 is 0 Å². The largest absolute Gasteiger partial charge is 0.508 e. The molecular formula is C22H26N4O3. The lowest BCUT2D eigenvalue weighted by atomic mass is 10.1. The van der Waals surface area contributed by atoms with Crippen LogP contribution < -0.4 is 9.64 Å². The minimum Gasteiger partial charge on any atom is -0.508 e. The lowest BCUT2D eigenvalue weighted by Crippen LogP contribution is -2.47. The highest BCUT2D eigenvalue weighted by Crippen LogP contribution is 2.27. The zero-order valence-corrected chi connectivity index (χ0v) is 16.4. The highest BCUT2D eigenvalue weighted by atomic mass is 16.5. The molecule has 1 fully saturated rings. The number of amides is 1. The quantitative estimate of drug-likeness (QED) is 0.760. The molecular weight excluding hydrogens is 368 g/mol. The normalized spacial score (nSPS) is 17.0. The number of ether oxygens (including phenoxy) is 1. The minimum absolute atomic E-state index is 0.0848. The van der Waals surface area contributed by atoms with Crippen LogP contribution in [0.4, 0.5) is 5.82 Å². The Balaban J connectivity index is 1.21. The zero-order chi connectivity index (χ0) is 20.1. The number of aromatic hydroxyl groups is 1. The zero-order valence-electron chi connectivity index (χ0n) is 16.4. The van der Waals surface area contributed by atoms with Crippen molar-refractivity contribution < 1.29 is 14.6 Å². The van der Waals surface area contributed by atoms with Crippen LogP contribution in [-0.2, 0) is 0 Å². The molecule has 0 aliphatic carbocycles. The third-order valence-corrected chi connectivity index (χ3v) is 5.36. The summed E-state index contributed by atoms with van der Waals surface area (Å²) in [6.07, 6.45) is 6.96. The summed E-state index contributed by atoms with van der Waals surface area (Å²) in [7, 11) is 0. The second-order valence-corrected chi connectivity index (χ2v) is 7.31. The van der Waals surface area contributed by atoms with Crippen LogP contribution in [0.5, 0.6) is 11.5 Å². The van der Waals surface area contributed by atoms with Crippen molar-refractivity contribution in [1.82, 2.24) is 14.8 Å². The Morgan fingerprint density at radius 1 is 1.03 bits per heavy atom. The monoisotopic (exact) mass is 394 g/mol. The average molecular weight is 394 g/mol. The summed E-state index contributed by atoms with van der Waals surface area (Å²) in [6.45, 7) is 5.72. The fourth-order valence-electron chi connectivity index (χ4n) is 3.72. The molecule has 7 nitrogen and oxygen atoms in total. The first-order valence-corrected chi connectivity index (χ1v) is 10.1. The number of hydrogen-bond acceptors (Lipinski definition) is 6. The van der Waals surface area contributed by atoms with E-state index in [1.807, 2.05) is 18.3 Å². The van der Waals surface area contributed by atoms with Gasteiger partial charge in [-0.3, -0.25) is 9.69 Å². The molecule has 4 rings (SSSR count). The number of nitrogens with zero attached hydrogens (tertiary/aromatic N) is 4. The predicted octanol–water partition coefficient (Wildman–Crippen LogP) is 2.70. The number of carbonyl (C=O) groups excluding carboxylic acids is 1. The summed E-state index contributed by atoms with van der Waals surface area (Å²) in [5.74, 6) is 1.42. The Hall–Kier alpha value is -3.06. The van der Waals surface area contributed by atoms with Gasteiger partial charge < -0.3 is 19.6 Å². The number of pyridine rings is 1. The van der Waals surface area contributed by atoms with Crippen LogP contribution in [0, 0.1) is 0 Å². The van der Waals surface area contributed by atoms with Gasteiger partial charge in [-0.1, -0.05) is 6.07 Å². The van der Waals surface area contributed by atoms with Crippen molar-refractivity contribution in [3.05, 3.63) is 60.6 Å². The molecule has 0 unspecified atom stereocenters. The van der Waals surface area contributed by atoms with E-state index in [-0.39, 0.29) is 11.7 Å². The van der Waals surface area contributed by atoms with Gasteiger partial charge in [0.2, 0.25) is 0 Å². The van der Waals surface area contributed by atoms with Crippen LogP contribution in [0.15, 0.2) is 55.1 Å². The Morgan fingerprint density at radius 2 is 1.86 bits per heavy atom. The smallest absolute Gasteiger partial charge is 0.261 e. The van der Waals surface area contributed by atoms with Crippen molar-refractivity contribution in [2.45, 2.75) is 12.8 Å². The summed E-state index contributed by atoms with van der Waals surface area (Å²) in [5.41, 5.74) is 0.471. The molecule has 152 valence electrons. The fraction of sp³-hybridized carbons (Fsp3) is 0.364. The molecule has 1 amide bonds. The van der Waals surface area contributed by atoms with E-state index in [0.29, 0.717) is 17.9 Å². The van der Waals surface area contributed by atoms with E-state index in [0.717, 1.165) is 51.4 Å². The number of unbranched alkanes of at least 4 members (excludes halogenated alkanes) is 1. The molecule has 0 saturated carbocycles. The molecule has 0 bridgehead atoms. The lowest BCUT2D eigenvalue weighted by Gasteiger charge is -2.35. The first-order valence-electron chi connectivity index (χ1n) is 10.1. The molecule has 1 aromatic heterocycles. The van der Waals surface area contributed by atoms with Crippen molar-refractivity contribution in [3.8, 4) is 11.5 Å². The molecule has 7 heteroatoms. The number of fused-ring (bicyclic) bond motifs is 1. The Bertz CT molecular complexity index is 864. The van der Waals surface area contributed by atoms with Crippen molar-refractivity contribution in [2.24, 2.45) is 0 Å². The predicted molar refractivity (Wildman–Crippen MR) is 111 cm³/mol. The third kappa shape index (κ3) is 4.68. The van der Waals surface area contributed by atoms with Gasteiger partial charge in [0, 0.05) is 51.2 Å². The van der Waals surface area contributed by atoms with Gasteiger partial charge in [0.05, 0.1) is 5.56 Å². The lowest BCUT2D eigenvalue weighted by molar-refractivity contribution is 0.0820. The first kappa shape index (κ1) is 19.3. The standard InChI is InChI=1S/C22H26N4O3/c27-18-6-7-19-20(17-18)29-16-15-26(22(19)28)10-4-3-9-24-11-13-25(14-12-24)21-5-1-2-8-23-21/h1-2,5-8,15-17,27H,3-4,9-14H2. The SMILES string of the molecule is O=C1c2ccc(O)cc2OC=CN1CCCCN1CCN(c2ccccn2)CC1. The summed E-state index contributed by atoms with van der Waals surface area (Å²) in [4.78, 5) is 23.6. The number of piperazine rings is 1. The Kier molecular flexibility index (Phi) is 5.95. The fourth-order valence-corrected chi connectivity index (χ4v) is 3.72. The maximum atomic E-state index is 12.7. The summed E-state index contributed by atoms with van der Waals surface area (Å²) >= 11 is 0. The molecule has 2 aliphatic rings. The number of benzene rings is 1. The number of rotatable bonds is 6. The van der Waals surface area contributed by atoms with Crippen molar-refractivity contribution in [1.29, 1.82) is 0 Å². The van der Waals surface area contributed by atoms with Gasteiger partial charge in [-0.15, -0.1) is 0 Å². The molecule has 2 aromatic rings. The van der Waals surface area contributed by atoms with Gasteiger partial charge in [-0.2, -0.15) is 0 Å². The van der Waals surface area contributed by atoms with Crippen molar-refractivity contribution in [3.63, 3.8) is 0 Å². The van der Waals surface area contributed by atoms with E-state index in [2.05, 4.69) is 20.9 Å². The van der Waals surface area contributed by atoms with Crippen LogP contribution in [0.1, 0.15) is 23.2 Å². The molecule has 0 radical (unpaired) electrons. The molecule has 1 N–H and O–H groups in total. The van der Waals surface area contributed by atoms with E-state index in [9.17, 15) is 9.90 Å². The highest BCUT2D eigenvalue weighted by Gasteiger charge is 2.21. The van der Waals surface area contributed by atoms with Gasteiger partial charge in [0.15, 0.2) is 0 Å². The van der Waals surface area contributed by atoms with Gasteiger partial charge >= 0.3 is 0 Å². The maximum Gasteiger partial charge on any atom is 0.261 e. The number of phenolic OH excluding ortho intramolecular Hbond substituents is 1. The topological polar surface area (TPSA) is 69.1 Å².